The van der Waals surface area contributed by atoms with Crippen LogP contribution in [0.4, 0.5) is 4.39 Å². The van der Waals surface area contributed by atoms with Crippen molar-refractivity contribution in [2.24, 2.45) is 0 Å². The van der Waals surface area contributed by atoms with Crippen molar-refractivity contribution in [1.82, 2.24) is 25.3 Å². The molecule has 2 heterocycles. The highest BCUT2D eigenvalue weighted by Crippen LogP contribution is 2.19. The quantitative estimate of drug-likeness (QED) is 0.525. The van der Waals surface area contributed by atoms with Gasteiger partial charge in [0, 0.05) is 5.39 Å². The van der Waals surface area contributed by atoms with E-state index in [1.807, 2.05) is 0 Å². The number of tetrazole rings is 1. The van der Waals surface area contributed by atoms with Gasteiger partial charge >= 0.3 is 0 Å². The topological polar surface area (TPSA) is 56.0 Å². The van der Waals surface area contributed by atoms with Crippen molar-refractivity contribution in [1.29, 1.82) is 0 Å². The number of nitrogens with zero attached hydrogens (tertiary/aromatic N) is 5. The molecule has 0 bridgehead atoms. The fourth-order valence-electron chi connectivity index (χ4n) is 1.41. The Bertz CT molecular complexity index is 617. The molecule has 3 rings (SSSR count). The van der Waals surface area contributed by atoms with Crippen LogP contribution in [0.25, 0.3) is 16.4 Å². The van der Waals surface area contributed by atoms with Crippen molar-refractivity contribution in [3.8, 4) is 0 Å². The van der Waals surface area contributed by atoms with Crippen molar-refractivity contribution >= 4 is 16.4 Å². The van der Waals surface area contributed by atoms with Crippen molar-refractivity contribution in [2.75, 3.05) is 0 Å². The van der Waals surface area contributed by atoms with Gasteiger partial charge in [0.05, 0.1) is 11.6 Å². The van der Waals surface area contributed by atoms with Gasteiger partial charge in [-0.15, -0.1) is 9.73 Å². The van der Waals surface area contributed by atoms with Gasteiger partial charge in [-0.05, 0) is 16.5 Å². The molecular weight excluding hydrogens is 185 g/mol. The van der Waals surface area contributed by atoms with Gasteiger partial charge in [-0.25, -0.2) is 4.39 Å². The third kappa shape index (κ3) is 0.819. The molecule has 6 heteroatoms. The van der Waals surface area contributed by atoms with E-state index < -0.39 is 0 Å². The summed E-state index contributed by atoms with van der Waals surface area (Å²) < 4.78 is 14.7. The lowest BCUT2D eigenvalue weighted by Gasteiger charge is -1.97. The van der Waals surface area contributed by atoms with E-state index in [9.17, 15) is 4.39 Å². The Morgan fingerprint density at radius 3 is 3.14 bits per heavy atom. The largest absolute Gasteiger partial charge is 0.210 e. The van der Waals surface area contributed by atoms with Crippen LogP contribution in [0.15, 0.2) is 24.4 Å². The Kier molecular flexibility index (Phi) is 1.27. The molecule has 0 aliphatic carbocycles. The number of benzene rings is 1. The third-order valence-electron chi connectivity index (χ3n) is 2.03. The summed E-state index contributed by atoms with van der Waals surface area (Å²) in [7, 11) is 0. The van der Waals surface area contributed by atoms with Crippen LogP contribution >= 0.6 is 0 Å². The molecule has 5 nitrogen and oxygen atoms in total. The number of halogens is 1. The molecule has 0 atom stereocenters. The van der Waals surface area contributed by atoms with Crippen molar-refractivity contribution in [3.05, 3.63) is 30.2 Å². The normalized spacial score (nSPS) is 11.2. The summed E-state index contributed by atoms with van der Waals surface area (Å²) >= 11 is 0. The standard InChI is InChI=1S/C8H4FN5/c9-6-3-1-2-5-4-10-14-8(7(5)6)11-12-13-14/h1-4H. The Morgan fingerprint density at radius 2 is 2.21 bits per heavy atom. The molecule has 14 heavy (non-hydrogen) atoms. The highest BCUT2D eigenvalue weighted by atomic mass is 19.1. The first-order valence-corrected chi connectivity index (χ1v) is 3.98. The van der Waals surface area contributed by atoms with Gasteiger partial charge in [0.15, 0.2) is 0 Å². The summed E-state index contributed by atoms with van der Waals surface area (Å²) in [5, 5.41) is 15.7. The number of rotatable bonds is 0. The maximum absolute atomic E-state index is 13.5. The summed E-state index contributed by atoms with van der Waals surface area (Å²) in [6.07, 6.45) is 1.53. The fraction of sp³-hybridized carbons (Fsp3) is 0. The summed E-state index contributed by atoms with van der Waals surface area (Å²) in [5.74, 6) is -0.343. The lowest BCUT2D eigenvalue weighted by atomic mass is 10.2. The molecule has 0 aliphatic heterocycles. The van der Waals surface area contributed by atoms with Crippen molar-refractivity contribution < 1.29 is 4.39 Å². The Hall–Kier alpha value is -2.11. The second-order valence-corrected chi connectivity index (χ2v) is 2.84. The predicted octanol–water partition coefficient (Wildman–Crippen LogP) is 0.812. The van der Waals surface area contributed by atoms with E-state index in [-0.39, 0.29) is 5.82 Å². The van der Waals surface area contributed by atoms with Crippen molar-refractivity contribution in [3.63, 3.8) is 0 Å². The highest BCUT2D eigenvalue weighted by Gasteiger charge is 2.08. The SMILES string of the molecule is Fc1cccc2cnn3nnnc3c12. The van der Waals surface area contributed by atoms with Crippen LogP contribution in [0.1, 0.15) is 0 Å². The Morgan fingerprint density at radius 1 is 1.29 bits per heavy atom. The molecule has 0 unspecified atom stereocenters. The fourth-order valence-corrected chi connectivity index (χ4v) is 1.41. The molecule has 3 aromatic rings. The van der Waals surface area contributed by atoms with Crippen LogP contribution in [-0.2, 0) is 0 Å². The minimum Gasteiger partial charge on any atom is -0.206 e. The minimum atomic E-state index is -0.343. The molecular formula is C8H4FN5. The minimum absolute atomic E-state index is 0.334. The molecule has 0 aliphatic rings. The maximum Gasteiger partial charge on any atom is 0.210 e. The first-order valence-electron chi connectivity index (χ1n) is 3.98. The monoisotopic (exact) mass is 189 g/mol. The van der Waals surface area contributed by atoms with Gasteiger partial charge in [-0.2, -0.15) is 5.10 Å². The predicted molar refractivity (Wildman–Crippen MR) is 46.0 cm³/mol. The van der Waals surface area contributed by atoms with Gasteiger partial charge < -0.3 is 0 Å². The first-order chi connectivity index (χ1) is 6.86. The molecule has 0 radical (unpaired) electrons. The lowest BCUT2D eigenvalue weighted by molar-refractivity contribution is 0.639. The van der Waals surface area contributed by atoms with Gasteiger partial charge in [0.25, 0.3) is 0 Å². The second kappa shape index (κ2) is 2.44. The Labute approximate surface area is 77.1 Å². The van der Waals surface area contributed by atoms with E-state index in [0.717, 1.165) is 0 Å². The van der Waals surface area contributed by atoms with E-state index in [0.29, 0.717) is 16.4 Å². The van der Waals surface area contributed by atoms with Gasteiger partial charge in [-0.3, -0.25) is 0 Å². The van der Waals surface area contributed by atoms with Crippen LogP contribution in [0.2, 0.25) is 0 Å². The molecule has 0 spiro atoms. The highest BCUT2D eigenvalue weighted by molar-refractivity contribution is 5.93. The number of hydrogen-bond donors (Lipinski definition) is 0. The van der Waals surface area contributed by atoms with Crippen LogP contribution in [0, 0.1) is 5.82 Å². The first kappa shape index (κ1) is 7.31. The molecule has 0 saturated heterocycles. The third-order valence-corrected chi connectivity index (χ3v) is 2.03. The zero-order valence-corrected chi connectivity index (χ0v) is 6.92. The number of aromatic nitrogens is 5. The lowest BCUT2D eigenvalue weighted by Crippen LogP contribution is -1.95. The van der Waals surface area contributed by atoms with E-state index in [1.54, 1.807) is 12.1 Å². The van der Waals surface area contributed by atoms with Crippen LogP contribution in [0.5, 0.6) is 0 Å². The molecule has 0 fully saturated rings. The summed E-state index contributed by atoms with van der Waals surface area (Å²) in [5.41, 5.74) is 0.334. The molecule has 0 amide bonds. The van der Waals surface area contributed by atoms with E-state index in [4.69, 9.17) is 0 Å². The van der Waals surface area contributed by atoms with Crippen molar-refractivity contribution in [2.45, 2.75) is 0 Å². The van der Waals surface area contributed by atoms with E-state index >= 15 is 0 Å². The average Bonchev–Trinajstić information content (AvgIpc) is 2.65. The van der Waals surface area contributed by atoms with Crippen LogP contribution in [0.3, 0.4) is 0 Å². The van der Waals surface area contributed by atoms with Gasteiger partial charge in [0.1, 0.15) is 5.82 Å². The molecule has 0 saturated carbocycles. The number of fused-ring (bicyclic) bond motifs is 3. The van der Waals surface area contributed by atoms with Gasteiger partial charge in [0.2, 0.25) is 5.65 Å². The molecule has 68 valence electrons. The van der Waals surface area contributed by atoms with Crippen LogP contribution in [-0.4, -0.2) is 25.3 Å². The molecule has 2 aromatic heterocycles. The summed E-state index contributed by atoms with van der Waals surface area (Å²) in [4.78, 5) is 0. The average molecular weight is 189 g/mol. The summed E-state index contributed by atoms with van der Waals surface area (Å²) in [6.45, 7) is 0. The summed E-state index contributed by atoms with van der Waals surface area (Å²) in [6, 6.07) is 4.76. The van der Waals surface area contributed by atoms with Gasteiger partial charge in [-0.1, -0.05) is 12.1 Å². The van der Waals surface area contributed by atoms with E-state index in [2.05, 4.69) is 20.6 Å². The molecule has 0 N–H and O–H groups in total. The maximum atomic E-state index is 13.5. The zero-order valence-electron chi connectivity index (χ0n) is 6.92. The molecule has 1 aromatic carbocycles. The van der Waals surface area contributed by atoms with E-state index in [1.165, 1.54) is 16.9 Å². The Balaban J connectivity index is 2.67. The van der Waals surface area contributed by atoms with Crippen LogP contribution < -0.4 is 0 Å². The number of hydrogen-bond acceptors (Lipinski definition) is 4. The smallest absolute Gasteiger partial charge is 0.206 e. The second-order valence-electron chi connectivity index (χ2n) is 2.84. The zero-order chi connectivity index (χ0) is 9.54.